The molecule has 0 saturated carbocycles. The number of carboxylic acid groups (broad SMARTS) is 1. The number of carbonyl (C=O) groups is 2. The molecule has 0 spiro atoms. The lowest BCUT2D eigenvalue weighted by Gasteiger charge is -2.18. The zero-order valence-corrected chi connectivity index (χ0v) is 17.2. The quantitative estimate of drug-likeness (QED) is 0.414. The summed E-state index contributed by atoms with van der Waals surface area (Å²) < 4.78 is 29.2. The van der Waals surface area contributed by atoms with Gasteiger partial charge in [-0.15, -0.1) is 0 Å². The molecule has 1 aromatic heterocycles. The number of hydrogen-bond donors (Lipinski definition) is 4. The number of nitrogen functional groups attached to an aromatic ring is 1. The Morgan fingerprint density at radius 2 is 1.97 bits per heavy atom. The Labute approximate surface area is 182 Å². The smallest absolute Gasteiger partial charge is 0.356 e. The van der Waals surface area contributed by atoms with E-state index in [-0.39, 0.29) is 32.7 Å². The summed E-state index contributed by atoms with van der Waals surface area (Å²) in [5, 5.41) is 21.3. The number of aliphatic hydroxyl groups excluding tert-OH is 1. The van der Waals surface area contributed by atoms with Gasteiger partial charge in [0.15, 0.2) is 5.69 Å². The fraction of sp³-hybridized carbons (Fsp3) is 0.100. The van der Waals surface area contributed by atoms with E-state index in [9.17, 15) is 28.6 Å². The lowest BCUT2D eigenvalue weighted by atomic mass is 10.0. The number of benzene rings is 2. The number of nitrogens with two attached hydrogens (primary N) is 1. The average molecular weight is 493 g/mol. The van der Waals surface area contributed by atoms with Gasteiger partial charge in [-0.05, 0) is 40.2 Å². The van der Waals surface area contributed by atoms with E-state index >= 15 is 0 Å². The molecular weight excluding hydrogens is 478 g/mol. The van der Waals surface area contributed by atoms with Crippen molar-refractivity contribution in [1.29, 1.82) is 0 Å². The minimum Gasteiger partial charge on any atom is -0.476 e. The van der Waals surface area contributed by atoms with Gasteiger partial charge < -0.3 is 21.3 Å². The van der Waals surface area contributed by atoms with Crippen LogP contribution in [0.25, 0.3) is 11.3 Å². The molecule has 5 N–H and O–H groups in total. The Morgan fingerprint density at radius 1 is 1.23 bits per heavy atom. The van der Waals surface area contributed by atoms with Crippen molar-refractivity contribution >= 4 is 33.6 Å². The minimum absolute atomic E-state index is 0.0449. The number of nitrogens with zero attached hydrogens (tertiary/aromatic N) is 2. The van der Waals surface area contributed by atoms with Gasteiger partial charge >= 0.3 is 5.97 Å². The Bertz CT molecular complexity index is 1180. The fourth-order valence-corrected chi connectivity index (χ4v) is 3.23. The molecule has 3 rings (SSSR count). The maximum atomic E-state index is 14.7. The molecule has 0 aliphatic rings. The van der Waals surface area contributed by atoms with Gasteiger partial charge in [-0.25, -0.2) is 23.5 Å². The number of amides is 1. The molecule has 1 amide bonds. The Balaban J connectivity index is 1.91. The highest BCUT2D eigenvalue weighted by Gasteiger charge is 2.22. The van der Waals surface area contributed by atoms with Gasteiger partial charge in [0.2, 0.25) is 0 Å². The summed E-state index contributed by atoms with van der Waals surface area (Å²) in [5.41, 5.74) is 4.43. The van der Waals surface area contributed by atoms with Gasteiger partial charge in [0.1, 0.15) is 23.1 Å². The highest BCUT2D eigenvalue weighted by atomic mass is 79.9. The summed E-state index contributed by atoms with van der Waals surface area (Å²) in [4.78, 5) is 31.4. The van der Waals surface area contributed by atoms with Crippen molar-refractivity contribution in [2.24, 2.45) is 0 Å². The Kier molecular flexibility index (Phi) is 6.56. The molecule has 1 unspecified atom stereocenters. The zero-order chi connectivity index (χ0) is 22.7. The normalized spacial score (nSPS) is 11.7. The van der Waals surface area contributed by atoms with E-state index in [2.05, 4.69) is 31.2 Å². The second-order valence-electron chi connectivity index (χ2n) is 6.34. The third-order valence-corrected chi connectivity index (χ3v) is 4.94. The highest BCUT2D eigenvalue weighted by molar-refractivity contribution is 9.10. The second kappa shape index (κ2) is 9.14. The summed E-state index contributed by atoms with van der Waals surface area (Å²) in [6.07, 6.45) is 1.03. The molecule has 0 aliphatic heterocycles. The Hall–Kier alpha value is -3.44. The molecule has 0 aliphatic carbocycles. The Morgan fingerprint density at radius 3 is 2.61 bits per heavy atom. The summed E-state index contributed by atoms with van der Waals surface area (Å²) in [6, 6.07) is 6.59. The van der Waals surface area contributed by atoms with Crippen LogP contribution in [0.15, 0.2) is 47.1 Å². The molecule has 1 heterocycles. The third-order valence-electron chi connectivity index (χ3n) is 4.32. The van der Waals surface area contributed by atoms with E-state index in [1.54, 1.807) is 6.07 Å². The van der Waals surface area contributed by atoms with Crippen molar-refractivity contribution in [3.8, 4) is 11.3 Å². The van der Waals surface area contributed by atoms with Crippen LogP contribution >= 0.6 is 15.9 Å². The third kappa shape index (κ3) is 4.67. The highest BCUT2D eigenvalue weighted by Crippen LogP contribution is 2.27. The average Bonchev–Trinajstić information content (AvgIpc) is 2.73. The van der Waals surface area contributed by atoms with Crippen LogP contribution in [0.4, 0.5) is 14.6 Å². The largest absolute Gasteiger partial charge is 0.476 e. The van der Waals surface area contributed by atoms with Crippen molar-refractivity contribution in [1.82, 2.24) is 15.3 Å². The summed E-state index contributed by atoms with van der Waals surface area (Å²) in [7, 11) is 0. The van der Waals surface area contributed by atoms with Gasteiger partial charge in [0.05, 0.1) is 23.3 Å². The maximum Gasteiger partial charge on any atom is 0.356 e. The predicted molar refractivity (Wildman–Crippen MR) is 110 cm³/mol. The van der Waals surface area contributed by atoms with Crippen LogP contribution in [0.3, 0.4) is 0 Å². The van der Waals surface area contributed by atoms with Gasteiger partial charge in [-0.3, -0.25) is 4.79 Å². The topological polar surface area (TPSA) is 138 Å². The molecule has 160 valence electrons. The predicted octanol–water partition coefficient (Wildman–Crippen LogP) is 2.93. The number of hydrogen-bond acceptors (Lipinski definition) is 6. The monoisotopic (exact) mass is 492 g/mol. The first kappa shape index (κ1) is 22.2. The lowest BCUT2D eigenvalue weighted by Crippen LogP contribution is -2.31. The second-order valence-corrected chi connectivity index (χ2v) is 7.20. The van der Waals surface area contributed by atoms with E-state index in [4.69, 9.17) is 5.73 Å². The number of carboxylic acids is 1. The van der Waals surface area contributed by atoms with Crippen LogP contribution in [-0.4, -0.2) is 38.7 Å². The summed E-state index contributed by atoms with van der Waals surface area (Å²) in [5.74, 6) is -3.90. The molecule has 0 bridgehead atoms. The van der Waals surface area contributed by atoms with E-state index in [0.29, 0.717) is 0 Å². The lowest BCUT2D eigenvalue weighted by molar-refractivity contribution is 0.0690. The first-order valence-electron chi connectivity index (χ1n) is 8.74. The van der Waals surface area contributed by atoms with Crippen molar-refractivity contribution in [3.05, 3.63) is 75.5 Å². The number of anilines is 1. The van der Waals surface area contributed by atoms with Gasteiger partial charge in [-0.1, -0.05) is 12.1 Å². The van der Waals surface area contributed by atoms with Crippen molar-refractivity contribution in [2.75, 3.05) is 12.3 Å². The fourth-order valence-electron chi connectivity index (χ4n) is 2.85. The maximum absolute atomic E-state index is 14.7. The van der Waals surface area contributed by atoms with Crippen molar-refractivity contribution in [2.45, 2.75) is 6.04 Å². The van der Waals surface area contributed by atoms with E-state index in [1.165, 1.54) is 18.2 Å². The van der Waals surface area contributed by atoms with Crippen LogP contribution in [0.5, 0.6) is 0 Å². The summed E-state index contributed by atoms with van der Waals surface area (Å²) in [6.45, 7) is -0.597. The number of aromatic carboxylic acids is 1. The molecular formula is C20H15BrF2N4O4. The molecule has 0 saturated heterocycles. The molecule has 8 nitrogen and oxygen atoms in total. The van der Waals surface area contributed by atoms with E-state index < -0.39 is 41.9 Å². The van der Waals surface area contributed by atoms with Crippen molar-refractivity contribution < 1.29 is 28.6 Å². The molecule has 31 heavy (non-hydrogen) atoms. The number of aromatic nitrogens is 2. The molecule has 3 aromatic rings. The van der Waals surface area contributed by atoms with Crippen LogP contribution in [0.2, 0.25) is 0 Å². The standard InChI is InChI=1S/C20H15BrF2N4O4/c21-12-3-1-2-11(16(12)23)14(8-28)26-19(29)9-4-5-10(13(22)6-9)17-18(20(30)31)25-7-15(24)27-17/h1-7,14,28H,8H2,(H2,24,27)(H,26,29)(H,30,31). The first-order valence-corrected chi connectivity index (χ1v) is 9.53. The number of halogens is 3. The van der Waals surface area contributed by atoms with Crippen LogP contribution < -0.4 is 11.1 Å². The van der Waals surface area contributed by atoms with Gasteiger partial charge in [-0.2, -0.15) is 0 Å². The SMILES string of the molecule is Nc1cnc(C(=O)O)c(-c2ccc(C(=O)NC(CO)c3cccc(Br)c3F)cc2F)n1. The molecule has 0 fully saturated rings. The minimum atomic E-state index is -1.43. The molecule has 11 heteroatoms. The van der Waals surface area contributed by atoms with Gasteiger partial charge in [0, 0.05) is 16.7 Å². The first-order chi connectivity index (χ1) is 14.7. The van der Waals surface area contributed by atoms with Crippen LogP contribution in [0.1, 0.15) is 32.5 Å². The van der Waals surface area contributed by atoms with Crippen LogP contribution in [-0.2, 0) is 0 Å². The molecule has 0 radical (unpaired) electrons. The number of aliphatic hydroxyl groups is 1. The zero-order valence-electron chi connectivity index (χ0n) is 15.6. The summed E-state index contributed by atoms with van der Waals surface area (Å²) >= 11 is 3.03. The van der Waals surface area contributed by atoms with Crippen LogP contribution in [0, 0.1) is 11.6 Å². The van der Waals surface area contributed by atoms with Gasteiger partial charge in [0.25, 0.3) is 5.91 Å². The van der Waals surface area contributed by atoms with E-state index in [0.717, 1.165) is 18.3 Å². The van der Waals surface area contributed by atoms with Crippen molar-refractivity contribution in [3.63, 3.8) is 0 Å². The van der Waals surface area contributed by atoms with E-state index in [1.807, 2.05) is 0 Å². The molecule has 1 atom stereocenters. The number of carbonyl (C=O) groups excluding carboxylic acids is 1. The number of rotatable bonds is 6. The molecule has 2 aromatic carbocycles. The number of nitrogens with one attached hydrogen (secondary N) is 1.